The molecule has 6 nitrogen and oxygen atoms in total. The third-order valence-electron chi connectivity index (χ3n) is 5.33. The van der Waals surface area contributed by atoms with Gasteiger partial charge in [0.05, 0.1) is 11.4 Å². The summed E-state index contributed by atoms with van der Waals surface area (Å²) in [6, 6.07) is 32.6. The molecule has 6 aromatic rings. The van der Waals surface area contributed by atoms with Gasteiger partial charge < -0.3 is 4.42 Å². The second-order valence-electron chi connectivity index (χ2n) is 7.60. The molecule has 7 heteroatoms. The Balaban J connectivity index is 1.36. The molecule has 0 fully saturated rings. The highest BCUT2D eigenvalue weighted by Crippen LogP contribution is 2.31. The molecule has 0 unspecified atom stereocenters. The van der Waals surface area contributed by atoms with Gasteiger partial charge in [-0.2, -0.15) is 4.98 Å². The summed E-state index contributed by atoms with van der Waals surface area (Å²) in [4.78, 5) is 9.42. The van der Waals surface area contributed by atoms with Gasteiger partial charge >= 0.3 is 6.01 Å². The summed E-state index contributed by atoms with van der Waals surface area (Å²) in [7, 11) is 0. The van der Waals surface area contributed by atoms with E-state index in [1.54, 1.807) is 17.6 Å². The van der Waals surface area contributed by atoms with E-state index in [0.29, 0.717) is 11.8 Å². The van der Waals surface area contributed by atoms with Crippen LogP contribution in [0.3, 0.4) is 0 Å². The number of hydrogen-bond acceptors (Lipinski definition) is 6. The Bertz CT molecular complexity index is 1520. The van der Waals surface area contributed by atoms with Crippen LogP contribution in [0.4, 0.5) is 11.8 Å². The Morgan fingerprint density at radius 3 is 2.00 bits per heavy atom. The third kappa shape index (κ3) is 4.00. The van der Waals surface area contributed by atoms with E-state index in [-0.39, 0.29) is 0 Å². The lowest BCUT2D eigenvalue weighted by molar-refractivity contribution is 0.577. The molecule has 34 heavy (non-hydrogen) atoms. The first kappa shape index (κ1) is 20.1. The first-order valence-electron chi connectivity index (χ1n) is 10.8. The largest absolute Gasteiger partial charge is 0.431 e. The lowest BCUT2D eigenvalue weighted by Crippen LogP contribution is -1.99. The molecule has 0 spiro atoms. The summed E-state index contributed by atoms with van der Waals surface area (Å²) in [5.74, 6) is 0.622. The van der Waals surface area contributed by atoms with Crippen LogP contribution in [-0.4, -0.2) is 19.7 Å². The van der Waals surface area contributed by atoms with E-state index >= 15 is 0 Å². The summed E-state index contributed by atoms with van der Waals surface area (Å²) in [5.41, 5.74) is 5.71. The van der Waals surface area contributed by atoms with Crippen LogP contribution in [0.1, 0.15) is 0 Å². The molecule has 0 radical (unpaired) electrons. The highest BCUT2D eigenvalue weighted by Gasteiger charge is 2.16. The molecule has 0 saturated carbocycles. The summed E-state index contributed by atoms with van der Waals surface area (Å²) in [5, 5.41) is 10.8. The van der Waals surface area contributed by atoms with E-state index in [2.05, 4.69) is 39.9 Å². The van der Waals surface area contributed by atoms with Crippen molar-refractivity contribution < 1.29 is 4.42 Å². The van der Waals surface area contributed by atoms with Crippen LogP contribution in [-0.2, 0) is 0 Å². The number of aromatic nitrogens is 4. The monoisotopic (exact) mass is 461 g/mol. The number of thiazole rings is 1. The van der Waals surface area contributed by atoms with Crippen LogP contribution in [0.2, 0.25) is 0 Å². The normalized spacial score (nSPS) is 10.9. The smallest absolute Gasteiger partial charge is 0.300 e. The van der Waals surface area contributed by atoms with E-state index in [1.807, 2.05) is 77.5 Å². The van der Waals surface area contributed by atoms with Gasteiger partial charge in [0.1, 0.15) is 12.0 Å². The Labute approximate surface area is 200 Å². The fourth-order valence-corrected chi connectivity index (χ4v) is 4.48. The van der Waals surface area contributed by atoms with Gasteiger partial charge in [-0.25, -0.2) is 9.67 Å². The fraction of sp³-hybridized carbons (Fsp3) is 0. The zero-order valence-electron chi connectivity index (χ0n) is 18.0. The summed E-state index contributed by atoms with van der Waals surface area (Å²) in [6.07, 6.45) is 1.64. The van der Waals surface area contributed by atoms with Crippen LogP contribution >= 0.6 is 11.3 Å². The molecule has 0 aliphatic heterocycles. The molecule has 3 heterocycles. The molecular weight excluding hydrogens is 442 g/mol. The number of rotatable bonds is 6. The highest BCUT2D eigenvalue weighted by atomic mass is 32.1. The van der Waals surface area contributed by atoms with Crippen LogP contribution < -0.4 is 5.32 Å². The van der Waals surface area contributed by atoms with Crippen LogP contribution in [0, 0.1) is 0 Å². The second kappa shape index (κ2) is 8.80. The predicted molar refractivity (Wildman–Crippen MR) is 135 cm³/mol. The SMILES string of the molecule is c1ccc(-c2coc(Nc3cc(-c4ccccc4)n(-c4nc(-c5ccccc5)cs4)n3)n2)cc1. The van der Waals surface area contributed by atoms with Crippen LogP contribution in [0.15, 0.2) is 113 Å². The average molecular weight is 462 g/mol. The molecule has 3 aromatic carbocycles. The van der Waals surface area contributed by atoms with Crippen molar-refractivity contribution in [2.45, 2.75) is 0 Å². The first-order chi connectivity index (χ1) is 16.8. The number of hydrogen-bond donors (Lipinski definition) is 1. The first-order valence-corrected chi connectivity index (χ1v) is 11.7. The Morgan fingerprint density at radius 2 is 1.32 bits per heavy atom. The Kier molecular flexibility index (Phi) is 5.21. The molecule has 0 amide bonds. The Hall–Kier alpha value is -4.49. The van der Waals surface area contributed by atoms with E-state index in [1.165, 1.54) is 0 Å². The standard InChI is InChI=1S/C27H19N5OS/c1-4-10-19(11-5-1)22-17-33-26(28-22)30-25-16-24(21-14-8-3-9-15-21)32(31-25)27-29-23(18-34-27)20-12-6-2-7-13-20/h1-18H,(H,28,30,31). The van der Waals surface area contributed by atoms with Gasteiger partial charge in [-0.1, -0.05) is 91.0 Å². The number of nitrogens with zero attached hydrogens (tertiary/aromatic N) is 4. The van der Waals surface area contributed by atoms with Crippen molar-refractivity contribution >= 4 is 23.2 Å². The topological polar surface area (TPSA) is 68.8 Å². The minimum absolute atomic E-state index is 0.382. The molecule has 164 valence electrons. The maximum Gasteiger partial charge on any atom is 0.300 e. The van der Waals surface area contributed by atoms with Crippen molar-refractivity contribution in [2.24, 2.45) is 0 Å². The molecule has 0 atom stereocenters. The molecule has 0 aliphatic carbocycles. The van der Waals surface area contributed by atoms with Gasteiger partial charge in [-0.15, -0.1) is 16.4 Å². The van der Waals surface area contributed by atoms with Gasteiger partial charge in [0, 0.05) is 28.1 Å². The summed E-state index contributed by atoms with van der Waals surface area (Å²) < 4.78 is 7.52. The molecule has 0 bridgehead atoms. The van der Waals surface area contributed by atoms with Gasteiger partial charge in [-0.05, 0) is 0 Å². The average Bonchev–Trinajstić information content (AvgIpc) is 3.66. The van der Waals surface area contributed by atoms with Crippen LogP contribution in [0.5, 0.6) is 0 Å². The zero-order chi connectivity index (χ0) is 22.7. The van der Waals surface area contributed by atoms with Gasteiger partial charge in [0.25, 0.3) is 0 Å². The predicted octanol–water partition coefficient (Wildman–Crippen LogP) is 7.06. The number of anilines is 2. The van der Waals surface area contributed by atoms with E-state index in [4.69, 9.17) is 14.5 Å². The maximum absolute atomic E-state index is 5.66. The van der Waals surface area contributed by atoms with Crippen molar-refractivity contribution in [2.75, 3.05) is 5.32 Å². The molecule has 1 N–H and O–H groups in total. The quantitative estimate of drug-likeness (QED) is 0.287. The number of nitrogens with one attached hydrogen (secondary N) is 1. The van der Waals surface area contributed by atoms with Gasteiger partial charge in [0.15, 0.2) is 5.82 Å². The minimum Gasteiger partial charge on any atom is -0.431 e. The molecule has 0 saturated heterocycles. The fourth-order valence-electron chi connectivity index (χ4n) is 3.69. The van der Waals surface area contributed by atoms with E-state index < -0.39 is 0 Å². The lowest BCUT2D eigenvalue weighted by atomic mass is 10.1. The lowest BCUT2D eigenvalue weighted by Gasteiger charge is -2.03. The molecule has 3 aromatic heterocycles. The Morgan fingerprint density at radius 1 is 0.706 bits per heavy atom. The van der Waals surface area contributed by atoms with Crippen molar-refractivity contribution in [3.05, 3.63) is 109 Å². The van der Waals surface area contributed by atoms with Crippen LogP contribution in [0.25, 0.3) is 38.9 Å². The van der Waals surface area contributed by atoms with E-state index in [9.17, 15) is 0 Å². The maximum atomic E-state index is 5.66. The van der Waals surface area contributed by atoms with E-state index in [0.717, 1.165) is 38.9 Å². The third-order valence-corrected chi connectivity index (χ3v) is 6.15. The summed E-state index contributed by atoms with van der Waals surface area (Å²) in [6.45, 7) is 0. The zero-order valence-corrected chi connectivity index (χ0v) is 18.8. The molecular formula is C27H19N5OS. The van der Waals surface area contributed by atoms with Gasteiger partial charge in [0.2, 0.25) is 5.13 Å². The highest BCUT2D eigenvalue weighted by molar-refractivity contribution is 7.12. The van der Waals surface area contributed by atoms with Crippen molar-refractivity contribution in [3.63, 3.8) is 0 Å². The van der Waals surface area contributed by atoms with Gasteiger partial charge in [-0.3, -0.25) is 5.32 Å². The second-order valence-corrected chi connectivity index (χ2v) is 8.44. The number of oxazole rings is 1. The van der Waals surface area contributed by atoms with Crippen molar-refractivity contribution in [1.82, 2.24) is 19.7 Å². The van der Waals surface area contributed by atoms with Crippen molar-refractivity contribution in [1.29, 1.82) is 0 Å². The number of benzene rings is 3. The van der Waals surface area contributed by atoms with Crippen molar-refractivity contribution in [3.8, 4) is 38.9 Å². The summed E-state index contributed by atoms with van der Waals surface area (Å²) >= 11 is 1.55. The molecule has 6 rings (SSSR count). The molecule has 0 aliphatic rings. The minimum atomic E-state index is 0.382.